The molecule has 234 valence electrons. The number of para-hydroxylation sites is 1. The van der Waals surface area contributed by atoms with Gasteiger partial charge < -0.3 is 36.5 Å². The number of primary amides is 1. The van der Waals surface area contributed by atoms with Gasteiger partial charge in [-0.1, -0.05) is 52.8 Å². The number of rotatable bonds is 9. The van der Waals surface area contributed by atoms with Gasteiger partial charge in [-0.3, -0.25) is 24.5 Å². The average Bonchev–Trinajstić information content (AvgIpc) is 3.45. The molecule has 5 rings (SSSR count). The van der Waals surface area contributed by atoms with E-state index < -0.39 is 53.6 Å². The largest absolute Gasteiger partial charge is 0.381 e. The summed E-state index contributed by atoms with van der Waals surface area (Å²) in [7, 11) is 0. The van der Waals surface area contributed by atoms with Crippen molar-refractivity contribution in [2.24, 2.45) is 34.3 Å². The van der Waals surface area contributed by atoms with Gasteiger partial charge >= 0.3 is 0 Å². The number of nitrogens with zero attached hydrogens (tertiary/aromatic N) is 1. The maximum absolute atomic E-state index is 14.2. The van der Waals surface area contributed by atoms with Crippen LogP contribution in [0.2, 0.25) is 0 Å². The van der Waals surface area contributed by atoms with Crippen LogP contribution in [-0.2, 0) is 14.4 Å². The van der Waals surface area contributed by atoms with E-state index in [2.05, 4.69) is 34.8 Å². The smallest absolute Gasteiger partial charge is 0.268 e. The highest BCUT2D eigenvalue weighted by Crippen LogP contribution is 2.65. The molecule has 2 aliphatic heterocycles. The summed E-state index contributed by atoms with van der Waals surface area (Å²) in [5.74, 6) is -2.62. The fourth-order valence-corrected chi connectivity index (χ4v) is 7.08. The Labute approximate surface area is 251 Å². The minimum atomic E-state index is -1.66. The van der Waals surface area contributed by atoms with Crippen LogP contribution in [0.3, 0.4) is 0 Å². The highest BCUT2D eigenvalue weighted by atomic mass is 16.3. The lowest BCUT2D eigenvalue weighted by molar-refractivity contribution is -0.144. The summed E-state index contributed by atoms with van der Waals surface area (Å²) < 4.78 is 0. The Bertz CT molecular complexity index is 1380. The van der Waals surface area contributed by atoms with E-state index in [9.17, 15) is 29.4 Å². The number of piperidine rings is 1. The average molecular weight is 597 g/mol. The quantitative estimate of drug-likeness (QED) is 0.219. The van der Waals surface area contributed by atoms with Gasteiger partial charge in [-0.25, -0.2) is 0 Å². The molecular weight excluding hydrogens is 552 g/mol. The number of carbonyl (C=O) groups excluding carboxylic acids is 4. The lowest BCUT2D eigenvalue weighted by Crippen LogP contribution is -2.61. The first-order chi connectivity index (χ1) is 20.1. The number of aromatic nitrogens is 1. The SMILES string of the molecule is CC(C)(C)[C@H](NC(=O)c1cc2ccccc2[nH]1)C(=O)N1C[C@H]2[C@@H]([C@H]1C(=O)N[C@@H](C[C@@H]1CCNC1O)C(O)C(N)=O)C2(C)C. The monoisotopic (exact) mass is 596 g/mol. The van der Waals surface area contributed by atoms with Crippen LogP contribution in [0, 0.1) is 28.6 Å². The van der Waals surface area contributed by atoms with E-state index in [-0.39, 0.29) is 35.5 Å². The van der Waals surface area contributed by atoms with Crippen LogP contribution in [0.25, 0.3) is 10.9 Å². The van der Waals surface area contributed by atoms with E-state index >= 15 is 0 Å². The molecule has 12 nitrogen and oxygen atoms in total. The second kappa shape index (κ2) is 11.2. The van der Waals surface area contributed by atoms with E-state index in [1.165, 1.54) is 4.90 Å². The summed E-state index contributed by atoms with van der Waals surface area (Å²) in [6, 6.07) is 6.40. The molecule has 43 heavy (non-hydrogen) atoms. The van der Waals surface area contributed by atoms with Gasteiger partial charge in [0.15, 0.2) is 6.10 Å². The molecule has 1 aliphatic carbocycles. The minimum absolute atomic E-state index is 0.0811. The molecule has 12 heteroatoms. The third-order valence-electron chi connectivity index (χ3n) is 9.80. The van der Waals surface area contributed by atoms with Crippen molar-refractivity contribution < 1.29 is 29.4 Å². The Morgan fingerprint density at radius 2 is 1.86 bits per heavy atom. The zero-order valence-corrected chi connectivity index (χ0v) is 25.4. The molecule has 2 saturated heterocycles. The number of hydrogen-bond acceptors (Lipinski definition) is 7. The summed E-state index contributed by atoms with van der Waals surface area (Å²) in [4.78, 5) is 58.2. The van der Waals surface area contributed by atoms with Crippen molar-refractivity contribution in [1.82, 2.24) is 25.8 Å². The summed E-state index contributed by atoms with van der Waals surface area (Å²) in [5, 5.41) is 30.4. The molecule has 8 atom stereocenters. The number of aliphatic hydroxyl groups is 2. The summed E-state index contributed by atoms with van der Waals surface area (Å²) >= 11 is 0. The van der Waals surface area contributed by atoms with Crippen LogP contribution in [0.15, 0.2) is 30.3 Å². The molecule has 3 heterocycles. The van der Waals surface area contributed by atoms with Crippen molar-refractivity contribution in [1.29, 1.82) is 0 Å². The van der Waals surface area contributed by atoms with Gasteiger partial charge in [-0.05, 0) is 54.2 Å². The van der Waals surface area contributed by atoms with Crippen LogP contribution in [0.4, 0.5) is 0 Å². The highest BCUT2D eigenvalue weighted by molar-refractivity contribution is 6.01. The Kier molecular flexibility index (Phi) is 8.08. The van der Waals surface area contributed by atoms with E-state index in [0.717, 1.165) is 10.9 Å². The molecular formula is C31H44N6O6. The fourth-order valence-electron chi connectivity index (χ4n) is 7.08. The molecule has 1 aromatic carbocycles. The highest BCUT2D eigenvalue weighted by Gasteiger charge is 2.70. The summed E-state index contributed by atoms with van der Waals surface area (Å²) in [6.45, 7) is 10.6. The third kappa shape index (κ3) is 5.87. The fraction of sp³-hybridized carbons (Fsp3) is 0.613. The zero-order chi connectivity index (χ0) is 31.4. The summed E-state index contributed by atoms with van der Waals surface area (Å²) in [6.07, 6.45) is -1.76. The number of aromatic amines is 1. The molecule has 2 aromatic rings. The second-order valence-electron chi connectivity index (χ2n) is 14.1. The number of amides is 4. The van der Waals surface area contributed by atoms with Gasteiger partial charge in [0.05, 0.1) is 6.04 Å². The van der Waals surface area contributed by atoms with Crippen molar-refractivity contribution in [3.05, 3.63) is 36.0 Å². The molecule has 3 aliphatic rings. The predicted molar refractivity (Wildman–Crippen MR) is 159 cm³/mol. The topological polar surface area (TPSA) is 190 Å². The standard InChI is InChI=1S/C31H44N6O6/c1-30(2,3)24(36-27(41)20-12-15-8-6-7-9-18(15)34-20)29(43)37-14-17-21(31(17,4)5)22(37)28(42)35-19(23(38)25(32)39)13-16-10-11-33-26(16)40/h6-9,12,16-17,19,21-24,26,33-34,38,40H,10-11,13-14H2,1-5H3,(H2,32,39)(H,35,42)(H,36,41)/t16-,17-,19-,21-,22-,23?,24+,26?/m0/s1. The Morgan fingerprint density at radius 1 is 1.16 bits per heavy atom. The molecule has 2 unspecified atom stereocenters. The maximum atomic E-state index is 14.2. The van der Waals surface area contributed by atoms with Crippen molar-refractivity contribution in [3.63, 3.8) is 0 Å². The first-order valence-corrected chi connectivity index (χ1v) is 15.0. The molecule has 4 amide bonds. The van der Waals surface area contributed by atoms with Gasteiger partial charge in [0.1, 0.15) is 24.0 Å². The second-order valence-corrected chi connectivity index (χ2v) is 14.1. The molecule has 0 spiro atoms. The lowest BCUT2D eigenvalue weighted by atomic mass is 9.85. The first-order valence-electron chi connectivity index (χ1n) is 15.0. The number of nitrogens with two attached hydrogens (primary N) is 1. The van der Waals surface area contributed by atoms with Gasteiger partial charge in [0, 0.05) is 23.4 Å². The van der Waals surface area contributed by atoms with Crippen LogP contribution < -0.4 is 21.7 Å². The zero-order valence-electron chi connectivity index (χ0n) is 25.4. The third-order valence-corrected chi connectivity index (χ3v) is 9.80. The number of H-pyrrole nitrogens is 1. The number of benzene rings is 1. The van der Waals surface area contributed by atoms with Crippen molar-refractivity contribution in [2.45, 2.75) is 77.9 Å². The molecule has 0 radical (unpaired) electrons. The number of hydrogen-bond donors (Lipinski definition) is 7. The number of nitrogens with one attached hydrogen (secondary N) is 4. The van der Waals surface area contributed by atoms with Gasteiger partial charge in [-0.2, -0.15) is 0 Å². The van der Waals surface area contributed by atoms with Gasteiger partial charge in [0.25, 0.3) is 5.91 Å². The Hall–Kier alpha value is -3.48. The van der Waals surface area contributed by atoms with E-state index in [4.69, 9.17) is 5.73 Å². The molecule has 0 bridgehead atoms. The Morgan fingerprint density at radius 3 is 2.47 bits per heavy atom. The van der Waals surface area contributed by atoms with Crippen molar-refractivity contribution in [2.75, 3.05) is 13.1 Å². The number of fused-ring (bicyclic) bond motifs is 2. The first kappa shape index (κ1) is 31.0. The maximum Gasteiger partial charge on any atom is 0.268 e. The summed E-state index contributed by atoms with van der Waals surface area (Å²) in [5.41, 5.74) is 5.67. The van der Waals surface area contributed by atoms with E-state index in [1.54, 1.807) is 6.07 Å². The lowest BCUT2D eigenvalue weighted by Gasteiger charge is -2.38. The Balaban J connectivity index is 1.38. The van der Waals surface area contributed by atoms with Crippen LogP contribution in [0.5, 0.6) is 0 Å². The molecule has 1 aromatic heterocycles. The van der Waals surface area contributed by atoms with Crippen LogP contribution in [0.1, 0.15) is 57.9 Å². The number of carbonyl (C=O) groups is 4. The molecule has 1 saturated carbocycles. The minimum Gasteiger partial charge on any atom is -0.381 e. The number of aliphatic hydroxyl groups excluding tert-OH is 2. The van der Waals surface area contributed by atoms with E-state index in [0.29, 0.717) is 25.2 Å². The van der Waals surface area contributed by atoms with E-state index in [1.807, 2.05) is 45.0 Å². The van der Waals surface area contributed by atoms with Crippen LogP contribution in [-0.4, -0.2) is 87.3 Å². The van der Waals surface area contributed by atoms with Gasteiger partial charge in [0.2, 0.25) is 17.7 Å². The van der Waals surface area contributed by atoms with Crippen molar-refractivity contribution >= 4 is 34.5 Å². The van der Waals surface area contributed by atoms with Crippen molar-refractivity contribution in [3.8, 4) is 0 Å². The van der Waals surface area contributed by atoms with Crippen LogP contribution >= 0.6 is 0 Å². The molecule has 8 N–H and O–H groups in total. The number of likely N-dealkylation sites (tertiary alicyclic amines) is 1. The molecule has 3 fully saturated rings. The predicted octanol–water partition coefficient (Wildman–Crippen LogP) is 0.444. The van der Waals surface area contributed by atoms with Gasteiger partial charge in [-0.15, -0.1) is 0 Å². The normalized spacial score (nSPS) is 28.2.